The van der Waals surface area contributed by atoms with Crippen molar-refractivity contribution in [1.29, 1.82) is 0 Å². The van der Waals surface area contributed by atoms with Crippen LogP contribution in [0.5, 0.6) is 0 Å². The van der Waals surface area contributed by atoms with Crippen LogP contribution in [0.2, 0.25) is 0 Å². The molecule has 1 fully saturated rings. The number of rotatable bonds is 2. The van der Waals surface area contributed by atoms with Gasteiger partial charge in [-0.15, -0.1) is 0 Å². The topological polar surface area (TPSA) is 71.3 Å². The predicted molar refractivity (Wildman–Crippen MR) is 68.4 cm³/mol. The third-order valence-electron chi connectivity index (χ3n) is 2.83. The Bertz CT molecular complexity index is 446. The maximum absolute atomic E-state index is 10.8. The third-order valence-corrected chi connectivity index (χ3v) is 3.78. The molecule has 0 amide bonds. The van der Waals surface area contributed by atoms with E-state index in [1.807, 2.05) is 0 Å². The van der Waals surface area contributed by atoms with Gasteiger partial charge in [-0.2, -0.15) is 0 Å². The smallest absolute Gasteiger partial charge is 0.291 e. The lowest BCUT2D eigenvalue weighted by atomic mass is 10.2. The number of pyridine rings is 1. The highest BCUT2D eigenvalue weighted by Gasteiger charge is 2.21. The van der Waals surface area contributed by atoms with Crippen LogP contribution in [0.15, 0.2) is 10.7 Å². The van der Waals surface area contributed by atoms with E-state index in [9.17, 15) is 10.1 Å². The van der Waals surface area contributed by atoms with Crippen LogP contribution >= 0.6 is 15.9 Å². The Labute approximate surface area is 107 Å². The average Bonchev–Trinajstić information content (AvgIpc) is 2.33. The number of anilines is 1. The van der Waals surface area contributed by atoms with Crippen molar-refractivity contribution in [2.45, 2.75) is 6.92 Å². The van der Waals surface area contributed by atoms with Crippen LogP contribution in [0.1, 0.15) is 5.56 Å². The van der Waals surface area contributed by atoms with Crippen molar-refractivity contribution >= 4 is 27.4 Å². The molecule has 0 spiro atoms. The number of hydrogen-bond acceptors (Lipinski definition) is 5. The van der Waals surface area contributed by atoms with Crippen molar-refractivity contribution in [2.24, 2.45) is 0 Å². The normalized spacial score (nSPS) is 16.0. The summed E-state index contributed by atoms with van der Waals surface area (Å²) in [5.41, 5.74) is 0.675. The predicted octanol–water partition coefficient (Wildman–Crippen LogP) is 1.47. The number of nitro groups is 1. The second kappa shape index (κ2) is 4.97. The summed E-state index contributed by atoms with van der Waals surface area (Å²) in [6.45, 7) is 5.27. The van der Waals surface area contributed by atoms with Crippen molar-refractivity contribution in [1.82, 2.24) is 10.3 Å². The zero-order valence-corrected chi connectivity index (χ0v) is 11.0. The van der Waals surface area contributed by atoms with Gasteiger partial charge in [0.15, 0.2) is 0 Å². The van der Waals surface area contributed by atoms with Gasteiger partial charge < -0.3 is 10.2 Å². The van der Waals surface area contributed by atoms with Crippen LogP contribution in [-0.4, -0.2) is 36.1 Å². The molecule has 1 aliphatic rings. The van der Waals surface area contributed by atoms with Gasteiger partial charge in [0.1, 0.15) is 12.0 Å². The maximum atomic E-state index is 10.8. The molecule has 1 N–H and O–H groups in total. The first kappa shape index (κ1) is 12.3. The summed E-state index contributed by atoms with van der Waals surface area (Å²) in [4.78, 5) is 16.7. The van der Waals surface area contributed by atoms with E-state index >= 15 is 0 Å². The van der Waals surface area contributed by atoms with Gasteiger partial charge in [-0.1, -0.05) is 0 Å². The summed E-state index contributed by atoms with van der Waals surface area (Å²) in [5, 5.41) is 14.0. The van der Waals surface area contributed by atoms with E-state index in [1.54, 1.807) is 6.92 Å². The molecule has 1 aromatic heterocycles. The Kier molecular flexibility index (Phi) is 3.58. The first-order chi connectivity index (χ1) is 8.11. The highest BCUT2D eigenvalue weighted by molar-refractivity contribution is 9.10. The van der Waals surface area contributed by atoms with Crippen LogP contribution in [0.25, 0.3) is 0 Å². The molecule has 6 nitrogen and oxygen atoms in total. The van der Waals surface area contributed by atoms with Gasteiger partial charge in [-0.25, -0.2) is 4.98 Å². The minimum absolute atomic E-state index is 0.0516. The van der Waals surface area contributed by atoms with Crippen LogP contribution < -0.4 is 10.2 Å². The number of hydrogen-bond donors (Lipinski definition) is 1. The van der Waals surface area contributed by atoms with Gasteiger partial charge in [-0.05, 0) is 22.9 Å². The third kappa shape index (κ3) is 2.39. The van der Waals surface area contributed by atoms with E-state index in [4.69, 9.17) is 0 Å². The first-order valence-corrected chi connectivity index (χ1v) is 6.15. The molecule has 0 atom stereocenters. The van der Waals surface area contributed by atoms with Crippen LogP contribution in [0.4, 0.5) is 11.5 Å². The Morgan fingerprint density at radius 2 is 2.18 bits per heavy atom. The number of halogens is 1. The molecule has 17 heavy (non-hydrogen) atoms. The first-order valence-electron chi connectivity index (χ1n) is 5.36. The molecule has 0 aliphatic carbocycles. The Morgan fingerprint density at radius 1 is 1.53 bits per heavy atom. The molecule has 7 heteroatoms. The molecule has 1 aromatic rings. The Balaban J connectivity index is 2.36. The highest BCUT2D eigenvalue weighted by atomic mass is 79.9. The number of nitrogens with one attached hydrogen (secondary N) is 1. The summed E-state index contributed by atoms with van der Waals surface area (Å²) in [7, 11) is 0. The number of piperazine rings is 1. The monoisotopic (exact) mass is 300 g/mol. The van der Waals surface area contributed by atoms with Gasteiger partial charge in [-0.3, -0.25) is 10.1 Å². The van der Waals surface area contributed by atoms with Crippen molar-refractivity contribution < 1.29 is 4.92 Å². The van der Waals surface area contributed by atoms with E-state index in [0.717, 1.165) is 32.0 Å². The molecule has 1 saturated heterocycles. The fourth-order valence-corrected chi connectivity index (χ4v) is 2.39. The Morgan fingerprint density at radius 3 is 2.76 bits per heavy atom. The zero-order chi connectivity index (χ0) is 12.4. The van der Waals surface area contributed by atoms with Crippen LogP contribution in [0, 0.1) is 17.0 Å². The summed E-state index contributed by atoms with van der Waals surface area (Å²) >= 11 is 3.41. The standard InChI is InChI=1S/C10H13BrN4O2/c1-7-8(15(16)17)6-13-10(9(7)11)14-4-2-12-3-5-14/h6,12H,2-5H2,1H3. The second-order valence-electron chi connectivity index (χ2n) is 3.90. The quantitative estimate of drug-likeness (QED) is 0.661. The summed E-state index contributed by atoms with van der Waals surface area (Å²) in [6.07, 6.45) is 1.33. The molecule has 2 rings (SSSR count). The number of aromatic nitrogens is 1. The SMILES string of the molecule is Cc1c([N+](=O)[O-])cnc(N2CCNCC2)c1Br. The molecule has 0 radical (unpaired) electrons. The van der Waals surface area contributed by atoms with E-state index in [2.05, 4.69) is 31.1 Å². The van der Waals surface area contributed by atoms with E-state index in [1.165, 1.54) is 6.20 Å². The molecule has 2 heterocycles. The van der Waals surface area contributed by atoms with Crippen LogP contribution in [-0.2, 0) is 0 Å². The molecule has 1 aliphatic heterocycles. The van der Waals surface area contributed by atoms with E-state index in [0.29, 0.717) is 10.0 Å². The molecular weight excluding hydrogens is 288 g/mol. The van der Waals surface area contributed by atoms with E-state index < -0.39 is 4.92 Å². The maximum Gasteiger partial charge on any atom is 0.291 e. The molecule has 0 aromatic carbocycles. The van der Waals surface area contributed by atoms with Crippen molar-refractivity contribution in [3.63, 3.8) is 0 Å². The summed E-state index contributed by atoms with van der Waals surface area (Å²) in [5.74, 6) is 0.787. The second-order valence-corrected chi connectivity index (χ2v) is 4.69. The largest absolute Gasteiger partial charge is 0.353 e. The van der Waals surface area contributed by atoms with Gasteiger partial charge >= 0.3 is 0 Å². The minimum atomic E-state index is -0.408. The molecule has 92 valence electrons. The summed E-state index contributed by atoms with van der Waals surface area (Å²) in [6, 6.07) is 0. The lowest BCUT2D eigenvalue weighted by Gasteiger charge is -2.29. The molecule has 0 bridgehead atoms. The van der Waals surface area contributed by atoms with Crippen molar-refractivity contribution in [2.75, 3.05) is 31.1 Å². The lowest BCUT2D eigenvalue weighted by molar-refractivity contribution is -0.385. The minimum Gasteiger partial charge on any atom is -0.353 e. The fraction of sp³-hybridized carbons (Fsp3) is 0.500. The van der Waals surface area contributed by atoms with E-state index in [-0.39, 0.29) is 5.69 Å². The van der Waals surface area contributed by atoms with Crippen molar-refractivity contribution in [3.8, 4) is 0 Å². The van der Waals surface area contributed by atoms with Crippen molar-refractivity contribution in [3.05, 3.63) is 26.3 Å². The lowest BCUT2D eigenvalue weighted by Crippen LogP contribution is -2.44. The average molecular weight is 301 g/mol. The zero-order valence-electron chi connectivity index (χ0n) is 9.44. The fourth-order valence-electron chi connectivity index (χ4n) is 1.84. The number of nitrogens with zero attached hydrogens (tertiary/aromatic N) is 3. The molecule has 0 unspecified atom stereocenters. The Hall–Kier alpha value is -1.21. The van der Waals surface area contributed by atoms with Gasteiger partial charge in [0, 0.05) is 31.7 Å². The van der Waals surface area contributed by atoms with Gasteiger partial charge in [0.25, 0.3) is 5.69 Å². The van der Waals surface area contributed by atoms with Gasteiger partial charge in [0.2, 0.25) is 0 Å². The molecular formula is C10H13BrN4O2. The van der Waals surface area contributed by atoms with Gasteiger partial charge in [0.05, 0.1) is 9.40 Å². The summed E-state index contributed by atoms with van der Waals surface area (Å²) < 4.78 is 0.716. The highest BCUT2D eigenvalue weighted by Crippen LogP contribution is 2.32. The van der Waals surface area contributed by atoms with Crippen LogP contribution in [0.3, 0.4) is 0 Å². The molecule has 0 saturated carbocycles.